The molecule has 27 heavy (non-hydrogen) atoms. The molecule has 0 aliphatic carbocycles. The quantitative estimate of drug-likeness (QED) is 0.630. The first-order valence-electron chi connectivity index (χ1n) is 8.89. The molecule has 0 radical (unpaired) electrons. The van der Waals surface area contributed by atoms with Crippen molar-refractivity contribution >= 4 is 12.4 Å². The molecule has 144 valence electrons. The topological polar surface area (TPSA) is 60.2 Å². The molecule has 1 aromatic heterocycles. The van der Waals surface area contributed by atoms with Crippen molar-refractivity contribution in [2.45, 2.75) is 39.3 Å². The Morgan fingerprint density at radius 1 is 1.15 bits per heavy atom. The van der Waals surface area contributed by atoms with Gasteiger partial charge in [-0.2, -0.15) is 4.98 Å². The molecule has 6 heteroatoms. The van der Waals surface area contributed by atoms with Crippen LogP contribution in [-0.4, -0.2) is 23.2 Å². The largest absolute Gasteiger partial charge is 0.489 e. The van der Waals surface area contributed by atoms with E-state index in [9.17, 15) is 0 Å². The van der Waals surface area contributed by atoms with Crippen LogP contribution in [0.2, 0.25) is 0 Å². The number of hydrogen-bond donors (Lipinski definition) is 1. The van der Waals surface area contributed by atoms with Crippen molar-refractivity contribution in [3.8, 4) is 5.75 Å². The van der Waals surface area contributed by atoms with Crippen LogP contribution in [0.5, 0.6) is 5.75 Å². The maximum atomic E-state index is 5.95. The van der Waals surface area contributed by atoms with Crippen molar-refractivity contribution in [1.29, 1.82) is 0 Å². The molecule has 1 atom stereocenters. The second kappa shape index (κ2) is 10.1. The highest BCUT2D eigenvalue weighted by Crippen LogP contribution is 2.18. The molecule has 0 fully saturated rings. The van der Waals surface area contributed by atoms with E-state index in [0.29, 0.717) is 25.0 Å². The van der Waals surface area contributed by atoms with Crippen molar-refractivity contribution in [1.82, 2.24) is 15.5 Å². The Kier molecular flexibility index (Phi) is 7.82. The Morgan fingerprint density at radius 2 is 1.96 bits per heavy atom. The van der Waals surface area contributed by atoms with Gasteiger partial charge >= 0.3 is 0 Å². The number of ether oxygens (including phenoxy) is 1. The van der Waals surface area contributed by atoms with Crippen LogP contribution in [0, 0.1) is 6.92 Å². The van der Waals surface area contributed by atoms with E-state index in [1.807, 2.05) is 43.4 Å². The molecule has 5 nitrogen and oxygen atoms in total. The Morgan fingerprint density at radius 3 is 2.74 bits per heavy atom. The van der Waals surface area contributed by atoms with Crippen molar-refractivity contribution in [3.63, 3.8) is 0 Å². The number of hydrogen-bond acceptors (Lipinski definition) is 5. The number of nitrogens with zero attached hydrogens (tertiary/aromatic N) is 2. The summed E-state index contributed by atoms with van der Waals surface area (Å²) >= 11 is 0. The van der Waals surface area contributed by atoms with Gasteiger partial charge in [0, 0.05) is 12.5 Å². The van der Waals surface area contributed by atoms with Crippen LogP contribution < -0.4 is 10.1 Å². The van der Waals surface area contributed by atoms with Crippen molar-refractivity contribution in [3.05, 3.63) is 76.9 Å². The first kappa shape index (κ1) is 20.9. The van der Waals surface area contributed by atoms with Gasteiger partial charge in [-0.15, -0.1) is 12.4 Å². The minimum absolute atomic E-state index is 0. The molecule has 1 unspecified atom stereocenters. The molecule has 1 heterocycles. The van der Waals surface area contributed by atoms with E-state index in [1.54, 1.807) is 0 Å². The summed E-state index contributed by atoms with van der Waals surface area (Å²) in [4.78, 5) is 4.47. The summed E-state index contributed by atoms with van der Waals surface area (Å²) in [5.74, 6) is 2.20. The lowest BCUT2D eigenvalue weighted by Gasteiger charge is -2.09. The average Bonchev–Trinajstić information content (AvgIpc) is 3.08. The predicted molar refractivity (Wildman–Crippen MR) is 109 cm³/mol. The van der Waals surface area contributed by atoms with E-state index in [0.717, 1.165) is 23.6 Å². The van der Waals surface area contributed by atoms with Gasteiger partial charge in [-0.05, 0) is 49.7 Å². The van der Waals surface area contributed by atoms with Crippen LogP contribution in [0.1, 0.15) is 35.3 Å². The first-order valence-corrected chi connectivity index (χ1v) is 8.89. The molecular weight excluding hydrogens is 362 g/mol. The summed E-state index contributed by atoms with van der Waals surface area (Å²) < 4.78 is 11.3. The van der Waals surface area contributed by atoms with Gasteiger partial charge in [0.15, 0.2) is 5.82 Å². The number of aryl methyl sites for hydroxylation is 1. The van der Waals surface area contributed by atoms with Crippen LogP contribution in [0.4, 0.5) is 0 Å². The standard InChI is InChI=1S/C21H25N3O2.ClH/c1-15-7-4-5-9-18(15)14-25-19-10-6-8-17(12-19)13-21-23-20(24-26-21)11-16(2)22-3;/h4-10,12,16,22H,11,13-14H2,1-3H3;1H. The summed E-state index contributed by atoms with van der Waals surface area (Å²) in [7, 11) is 1.92. The molecule has 2 aromatic carbocycles. The zero-order valence-corrected chi connectivity index (χ0v) is 16.8. The van der Waals surface area contributed by atoms with Gasteiger partial charge in [-0.1, -0.05) is 41.6 Å². The maximum absolute atomic E-state index is 5.95. The van der Waals surface area contributed by atoms with Crippen molar-refractivity contribution in [2.24, 2.45) is 0 Å². The van der Waals surface area contributed by atoms with Crippen LogP contribution in [-0.2, 0) is 19.4 Å². The number of rotatable bonds is 8. The van der Waals surface area contributed by atoms with Gasteiger partial charge in [-0.25, -0.2) is 0 Å². The summed E-state index contributed by atoms with van der Waals surface area (Å²) in [5, 5.41) is 7.22. The Hall–Kier alpha value is -2.37. The van der Waals surface area contributed by atoms with Gasteiger partial charge in [0.25, 0.3) is 0 Å². The van der Waals surface area contributed by atoms with Gasteiger partial charge in [0.1, 0.15) is 12.4 Å². The SMILES string of the molecule is CNC(C)Cc1noc(Cc2cccc(OCc3ccccc3C)c2)n1.Cl. The van der Waals surface area contributed by atoms with E-state index in [1.165, 1.54) is 11.1 Å². The fourth-order valence-electron chi connectivity index (χ4n) is 2.67. The predicted octanol–water partition coefficient (Wildman–Crippen LogP) is 4.12. The van der Waals surface area contributed by atoms with E-state index in [-0.39, 0.29) is 12.4 Å². The maximum Gasteiger partial charge on any atom is 0.231 e. The van der Waals surface area contributed by atoms with Gasteiger partial charge in [0.05, 0.1) is 6.42 Å². The van der Waals surface area contributed by atoms with Crippen LogP contribution in [0.3, 0.4) is 0 Å². The molecule has 0 saturated heterocycles. The normalized spacial score (nSPS) is 11.7. The fourth-order valence-corrected chi connectivity index (χ4v) is 2.67. The first-order chi connectivity index (χ1) is 12.6. The molecule has 3 rings (SSSR count). The van der Waals surface area contributed by atoms with E-state index in [4.69, 9.17) is 9.26 Å². The van der Waals surface area contributed by atoms with E-state index < -0.39 is 0 Å². The second-order valence-electron chi connectivity index (χ2n) is 6.54. The molecule has 3 aromatic rings. The van der Waals surface area contributed by atoms with Crippen molar-refractivity contribution < 1.29 is 9.26 Å². The van der Waals surface area contributed by atoms with E-state index in [2.05, 4.69) is 41.4 Å². The third-order valence-corrected chi connectivity index (χ3v) is 4.40. The summed E-state index contributed by atoms with van der Waals surface area (Å²) in [5.41, 5.74) is 3.51. The average molecular weight is 388 g/mol. The van der Waals surface area contributed by atoms with E-state index >= 15 is 0 Å². The van der Waals surface area contributed by atoms with Crippen LogP contribution in [0.15, 0.2) is 53.1 Å². The van der Waals surface area contributed by atoms with Gasteiger partial charge < -0.3 is 14.6 Å². The zero-order valence-electron chi connectivity index (χ0n) is 15.9. The zero-order chi connectivity index (χ0) is 18.4. The highest BCUT2D eigenvalue weighted by Gasteiger charge is 2.10. The van der Waals surface area contributed by atoms with Crippen LogP contribution in [0.25, 0.3) is 0 Å². The molecule has 0 spiro atoms. The van der Waals surface area contributed by atoms with Gasteiger partial charge in [-0.3, -0.25) is 0 Å². The fraction of sp³-hybridized carbons (Fsp3) is 0.333. The summed E-state index contributed by atoms with van der Waals surface area (Å²) in [6.07, 6.45) is 1.35. The third-order valence-electron chi connectivity index (χ3n) is 4.40. The summed E-state index contributed by atoms with van der Waals surface area (Å²) in [6.45, 7) is 4.74. The molecular formula is C21H26ClN3O2. The highest BCUT2D eigenvalue weighted by atomic mass is 35.5. The molecule has 0 bridgehead atoms. The minimum Gasteiger partial charge on any atom is -0.489 e. The molecule has 1 N–H and O–H groups in total. The molecule has 0 aliphatic rings. The Balaban J connectivity index is 0.00000261. The number of nitrogens with one attached hydrogen (secondary N) is 1. The molecule has 0 amide bonds. The molecule has 0 aliphatic heterocycles. The van der Waals surface area contributed by atoms with Crippen LogP contribution >= 0.6 is 12.4 Å². The number of likely N-dealkylation sites (N-methyl/N-ethyl adjacent to an activating group) is 1. The third kappa shape index (κ3) is 6.08. The lowest BCUT2D eigenvalue weighted by Crippen LogP contribution is -2.24. The summed E-state index contributed by atoms with van der Waals surface area (Å²) in [6, 6.07) is 16.6. The minimum atomic E-state index is 0. The number of aromatic nitrogens is 2. The lowest BCUT2D eigenvalue weighted by atomic mass is 10.1. The Labute approximate surface area is 166 Å². The van der Waals surface area contributed by atoms with Gasteiger partial charge in [0.2, 0.25) is 5.89 Å². The smallest absolute Gasteiger partial charge is 0.231 e. The molecule has 0 saturated carbocycles. The number of halogens is 1. The highest BCUT2D eigenvalue weighted by molar-refractivity contribution is 5.85. The Bertz CT molecular complexity index is 851. The second-order valence-corrected chi connectivity index (χ2v) is 6.54. The van der Waals surface area contributed by atoms with Crippen molar-refractivity contribution in [2.75, 3.05) is 7.05 Å². The number of benzene rings is 2. The monoisotopic (exact) mass is 387 g/mol. The lowest BCUT2D eigenvalue weighted by molar-refractivity contribution is 0.305.